The molecule has 5 heteroatoms. The Kier molecular flexibility index (Phi) is 7.09. The largest absolute Gasteiger partial charge is 0.354 e. The number of piperazine rings is 1. The van der Waals surface area contributed by atoms with E-state index in [1.165, 1.54) is 11.1 Å². The molecule has 1 aliphatic rings. The Balaban J connectivity index is 1.61. The van der Waals surface area contributed by atoms with Crippen molar-refractivity contribution in [2.75, 3.05) is 36.4 Å². The first-order valence-corrected chi connectivity index (χ1v) is 11.9. The summed E-state index contributed by atoms with van der Waals surface area (Å²) in [6.07, 6.45) is 1.75. The highest BCUT2D eigenvalue weighted by Crippen LogP contribution is 2.34. The van der Waals surface area contributed by atoms with Crippen molar-refractivity contribution in [3.63, 3.8) is 0 Å². The number of carbonyl (C=O) groups is 1. The van der Waals surface area contributed by atoms with E-state index >= 15 is 0 Å². The molecule has 0 unspecified atom stereocenters. The van der Waals surface area contributed by atoms with Crippen molar-refractivity contribution in [1.29, 1.82) is 0 Å². The fraction of sp³-hybridized carbons (Fsp3) is 0.357. The monoisotopic (exact) mass is 442 g/mol. The first kappa shape index (κ1) is 23.0. The second-order valence-electron chi connectivity index (χ2n) is 9.30. The Labute approximate surface area is 197 Å². The summed E-state index contributed by atoms with van der Waals surface area (Å²) >= 11 is 0. The molecule has 4 rings (SSSR count). The smallest absolute Gasteiger partial charge is 0.256 e. The number of anilines is 2. The van der Waals surface area contributed by atoms with Crippen LogP contribution in [0.2, 0.25) is 0 Å². The molecule has 1 aromatic heterocycles. The minimum absolute atomic E-state index is 0.114. The zero-order chi connectivity index (χ0) is 23.4. The lowest BCUT2D eigenvalue weighted by molar-refractivity contribution is 0.102. The Bertz CT molecular complexity index is 1080. The number of aromatic nitrogens is 1. The van der Waals surface area contributed by atoms with E-state index in [0.717, 1.165) is 43.1 Å². The topological polar surface area (TPSA) is 57.3 Å². The Hall–Kier alpha value is -3.18. The molecule has 1 fully saturated rings. The van der Waals surface area contributed by atoms with Crippen LogP contribution >= 0.6 is 0 Å². The fourth-order valence-electron chi connectivity index (χ4n) is 4.34. The van der Waals surface area contributed by atoms with E-state index in [2.05, 4.69) is 78.5 Å². The minimum Gasteiger partial charge on any atom is -0.354 e. The maximum Gasteiger partial charge on any atom is 0.256 e. The van der Waals surface area contributed by atoms with E-state index in [-0.39, 0.29) is 5.91 Å². The van der Waals surface area contributed by atoms with Gasteiger partial charge >= 0.3 is 0 Å². The number of carbonyl (C=O) groups excluding carboxylic acids is 1. The summed E-state index contributed by atoms with van der Waals surface area (Å²) in [5.41, 5.74) is 5.93. The van der Waals surface area contributed by atoms with Crippen LogP contribution in [0.1, 0.15) is 61.0 Å². The van der Waals surface area contributed by atoms with Gasteiger partial charge in [0.1, 0.15) is 5.82 Å². The molecule has 1 aliphatic heterocycles. The van der Waals surface area contributed by atoms with E-state index in [0.29, 0.717) is 23.1 Å². The van der Waals surface area contributed by atoms with Crippen LogP contribution in [-0.4, -0.2) is 37.1 Å². The lowest BCUT2D eigenvalue weighted by Gasteiger charge is -2.28. The van der Waals surface area contributed by atoms with Gasteiger partial charge in [0.25, 0.3) is 5.91 Å². The average Bonchev–Trinajstić information content (AvgIpc) is 2.84. The molecular weight excluding hydrogens is 408 g/mol. The third-order valence-corrected chi connectivity index (χ3v) is 6.28. The number of nitrogens with one attached hydrogen (secondary N) is 2. The van der Waals surface area contributed by atoms with Crippen LogP contribution in [0, 0.1) is 0 Å². The summed E-state index contributed by atoms with van der Waals surface area (Å²) in [6, 6.07) is 18.5. The average molecular weight is 443 g/mol. The van der Waals surface area contributed by atoms with Crippen molar-refractivity contribution in [3.8, 4) is 11.1 Å². The molecule has 33 heavy (non-hydrogen) atoms. The van der Waals surface area contributed by atoms with Crippen LogP contribution in [0.15, 0.2) is 60.8 Å². The van der Waals surface area contributed by atoms with Crippen molar-refractivity contribution in [3.05, 3.63) is 77.5 Å². The van der Waals surface area contributed by atoms with Gasteiger partial charge in [0, 0.05) is 31.7 Å². The molecule has 1 saturated heterocycles. The normalized spacial score (nSPS) is 14.1. The molecule has 2 heterocycles. The Morgan fingerprint density at radius 3 is 2.27 bits per heavy atom. The highest BCUT2D eigenvalue weighted by Gasteiger charge is 2.19. The van der Waals surface area contributed by atoms with E-state index in [1.807, 2.05) is 24.3 Å². The number of pyridine rings is 1. The molecule has 0 spiro atoms. The van der Waals surface area contributed by atoms with Crippen LogP contribution in [0.5, 0.6) is 0 Å². The zero-order valence-electron chi connectivity index (χ0n) is 20.1. The molecular formula is C28H34N4O. The van der Waals surface area contributed by atoms with Crippen molar-refractivity contribution in [1.82, 2.24) is 10.3 Å². The Morgan fingerprint density at radius 1 is 0.939 bits per heavy atom. The summed E-state index contributed by atoms with van der Waals surface area (Å²) in [5, 5.41) is 6.42. The number of hydrogen-bond acceptors (Lipinski definition) is 4. The Morgan fingerprint density at radius 2 is 1.67 bits per heavy atom. The maximum absolute atomic E-state index is 13.4. The first-order valence-electron chi connectivity index (χ1n) is 11.9. The van der Waals surface area contributed by atoms with E-state index in [4.69, 9.17) is 0 Å². The SMILES string of the molecule is CC(C)c1ccc(-c2c(C(=O)Nc3ccc(N4CCNCC4)nc3)cccc2C(C)C)cc1. The predicted molar refractivity (Wildman–Crippen MR) is 137 cm³/mol. The lowest BCUT2D eigenvalue weighted by atomic mass is 9.87. The van der Waals surface area contributed by atoms with Crippen molar-refractivity contribution < 1.29 is 4.79 Å². The standard InChI is InChI=1S/C28H34N4O/c1-19(2)21-8-10-22(11-9-21)27-24(20(3)4)6-5-7-25(27)28(33)31-23-12-13-26(30-18-23)32-16-14-29-15-17-32/h5-13,18-20,29H,14-17H2,1-4H3,(H,31,33). The summed E-state index contributed by atoms with van der Waals surface area (Å²) in [7, 11) is 0. The predicted octanol–water partition coefficient (Wildman–Crippen LogP) is 5.66. The van der Waals surface area contributed by atoms with E-state index in [1.54, 1.807) is 6.20 Å². The number of hydrogen-bond donors (Lipinski definition) is 2. The molecule has 0 atom stereocenters. The van der Waals surface area contributed by atoms with Gasteiger partial charge < -0.3 is 15.5 Å². The third kappa shape index (κ3) is 5.25. The first-order chi connectivity index (χ1) is 15.9. The van der Waals surface area contributed by atoms with Gasteiger partial charge in [-0.05, 0) is 52.3 Å². The maximum atomic E-state index is 13.4. The fourth-order valence-corrected chi connectivity index (χ4v) is 4.34. The van der Waals surface area contributed by atoms with Crippen molar-refractivity contribution in [2.45, 2.75) is 39.5 Å². The molecule has 0 radical (unpaired) electrons. The van der Waals surface area contributed by atoms with Crippen LogP contribution in [0.25, 0.3) is 11.1 Å². The lowest BCUT2D eigenvalue weighted by Crippen LogP contribution is -2.43. The van der Waals surface area contributed by atoms with Gasteiger partial charge in [0.15, 0.2) is 0 Å². The van der Waals surface area contributed by atoms with Crippen LogP contribution in [-0.2, 0) is 0 Å². The molecule has 5 nitrogen and oxygen atoms in total. The number of nitrogens with zero attached hydrogens (tertiary/aromatic N) is 2. The minimum atomic E-state index is -0.114. The van der Waals surface area contributed by atoms with Crippen LogP contribution in [0.3, 0.4) is 0 Å². The zero-order valence-corrected chi connectivity index (χ0v) is 20.1. The third-order valence-electron chi connectivity index (χ3n) is 6.28. The second kappa shape index (κ2) is 10.2. The summed E-state index contributed by atoms with van der Waals surface area (Å²) in [4.78, 5) is 20.2. The molecule has 172 valence electrons. The van der Waals surface area contributed by atoms with Crippen molar-refractivity contribution in [2.24, 2.45) is 0 Å². The van der Waals surface area contributed by atoms with Gasteiger partial charge in [-0.25, -0.2) is 4.98 Å². The number of benzene rings is 2. The summed E-state index contributed by atoms with van der Waals surface area (Å²) < 4.78 is 0. The summed E-state index contributed by atoms with van der Waals surface area (Å²) in [6.45, 7) is 12.5. The molecule has 0 saturated carbocycles. The van der Waals surface area contributed by atoms with Gasteiger partial charge in [-0.3, -0.25) is 4.79 Å². The van der Waals surface area contributed by atoms with Gasteiger partial charge in [-0.15, -0.1) is 0 Å². The van der Waals surface area contributed by atoms with Gasteiger partial charge in [0.05, 0.1) is 11.9 Å². The highest BCUT2D eigenvalue weighted by molar-refractivity contribution is 6.09. The number of amides is 1. The van der Waals surface area contributed by atoms with E-state index in [9.17, 15) is 4.79 Å². The van der Waals surface area contributed by atoms with Crippen LogP contribution in [0.4, 0.5) is 11.5 Å². The van der Waals surface area contributed by atoms with Gasteiger partial charge in [-0.1, -0.05) is 64.1 Å². The van der Waals surface area contributed by atoms with Gasteiger partial charge in [0.2, 0.25) is 0 Å². The van der Waals surface area contributed by atoms with Crippen LogP contribution < -0.4 is 15.5 Å². The second-order valence-corrected chi connectivity index (χ2v) is 9.30. The number of rotatable bonds is 6. The quantitative estimate of drug-likeness (QED) is 0.517. The molecule has 2 N–H and O–H groups in total. The summed E-state index contributed by atoms with van der Waals surface area (Å²) in [5.74, 6) is 1.61. The van der Waals surface area contributed by atoms with Crippen molar-refractivity contribution >= 4 is 17.4 Å². The molecule has 0 aliphatic carbocycles. The molecule has 2 aromatic carbocycles. The van der Waals surface area contributed by atoms with E-state index < -0.39 is 0 Å². The molecule has 3 aromatic rings. The molecule has 0 bridgehead atoms. The van der Waals surface area contributed by atoms with Gasteiger partial charge in [-0.2, -0.15) is 0 Å². The molecule has 1 amide bonds. The highest BCUT2D eigenvalue weighted by atomic mass is 16.1.